The molecule has 2 rings (SSSR count). The zero-order valence-corrected chi connectivity index (χ0v) is 13.7. The molecule has 0 radical (unpaired) electrons. The van der Waals surface area contributed by atoms with E-state index in [0.717, 1.165) is 5.56 Å². The molecule has 0 spiro atoms. The number of nitrogens with one attached hydrogen (secondary N) is 1. The van der Waals surface area contributed by atoms with E-state index in [9.17, 15) is 8.42 Å². The number of rotatable bonds is 4. The monoisotopic (exact) mass is 364 g/mol. The van der Waals surface area contributed by atoms with Gasteiger partial charge in [0.1, 0.15) is 0 Å². The van der Waals surface area contributed by atoms with Gasteiger partial charge in [-0.05, 0) is 42.3 Å². The average Bonchev–Trinajstić information content (AvgIpc) is 2.48. The van der Waals surface area contributed by atoms with Crippen LogP contribution in [0.15, 0.2) is 51.8 Å². The highest BCUT2D eigenvalue weighted by Gasteiger charge is 2.16. The summed E-state index contributed by atoms with van der Waals surface area (Å²) < 4.78 is 27.9. The first-order valence-corrected chi connectivity index (χ1v) is 8.45. The molecule has 0 amide bonds. The van der Waals surface area contributed by atoms with Crippen LogP contribution in [0.3, 0.4) is 0 Å². The van der Waals surface area contributed by atoms with Gasteiger partial charge in [0.25, 0.3) is 0 Å². The number of hydrogen-bond acceptors (Lipinski definition) is 3. The van der Waals surface area contributed by atoms with E-state index in [1.54, 1.807) is 49.4 Å². The maximum Gasteiger partial charge on any atom is 0.241 e. The number of sulfonamides is 1. The molecule has 0 aliphatic rings. The Hall–Kier alpha value is -1.68. The molecule has 0 bridgehead atoms. The molecule has 6 heteroatoms. The van der Waals surface area contributed by atoms with Crippen LogP contribution in [-0.4, -0.2) is 8.42 Å². The lowest BCUT2D eigenvalue weighted by Gasteiger charge is -2.10. The summed E-state index contributed by atoms with van der Waals surface area (Å²) >= 11 is 3.28. The predicted molar refractivity (Wildman–Crippen MR) is 84.1 cm³/mol. The maximum absolute atomic E-state index is 12.3. The van der Waals surface area contributed by atoms with Crippen LogP contribution in [0.1, 0.15) is 16.7 Å². The van der Waals surface area contributed by atoms with Crippen LogP contribution in [0, 0.1) is 18.3 Å². The second kappa shape index (κ2) is 6.39. The van der Waals surface area contributed by atoms with Gasteiger partial charge in [-0.15, -0.1) is 0 Å². The van der Waals surface area contributed by atoms with Crippen molar-refractivity contribution in [3.63, 3.8) is 0 Å². The van der Waals surface area contributed by atoms with Gasteiger partial charge in [-0.25, -0.2) is 13.1 Å². The van der Waals surface area contributed by atoms with Crippen LogP contribution in [0.4, 0.5) is 0 Å². The van der Waals surface area contributed by atoms with E-state index < -0.39 is 10.0 Å². The first kappa shape index (κ1) is 15.7. The van der Waals surface area contributed by atoms with Crippen LogP contribution in [0.5, 0.6) is 0 Å². The fraction of sp³-hybridized carbons (Fsp3) is 0.133. The van der Waals surface area contributed by atoms with Crippen LogP contribution in [0.2, 0.25) is 0 Å². The zero-order chi connectivity index (χ0) is 15.5. The lowest BCUT2D eigenvalue weighted by molar-refractivity contribution is 0.580. The molecular weight excluding hydrogens is 352 g/mol. The molecule has 0 heterocycles. The van der Waals surface area contributed by atoms with Gasteiger partial charge in [-0.2, -0.15) is 5.26 Å². The minimum absolute atomic E-state index is 0.181. The fourth-order valence-corrected chi connectivity index (χ4v) is 3.62. The fourth-order valence-electron chi connectivity index (χ4n) is 1.82. The van der Waals surface area contributed by atoms with Gasteiger partial charge in [-0.1, -0.05) is 34.1 Å². The van der Waals surface area contributed by atoms with E-state index in [1.165, 1.54) is 0 Å². The SMILES string of the molecule is Cc1ccc(Br)cc1S(=O)(=O)NCc1ccc(C#N)cc1. The normalized spacial score (nSPS) is 11.1. The lowest BCUT2D eigenvalue weighted by Crippen LogP contribution is -2.24. The number of halogens is 1. The Bertz CT molecular complexity index is 793. The van der Waals surface area contributed by atoms with Crippen LogP contribution < -0.4 is 4.72 Å². The maximum atomic E-state index is 12.3. The average molecular weight is 365 g/mol. The highest BCUT2D eigenvalue weighted by atomic mass is 79.9. The quantitative estimate of drug-likeness (QED) is 0.905. The molecule has 0 aromatic heterocycles. The Kier molecular flexibility index (Phi) is 4.78. The largest absolute Gasteiger partial charge is 0.241 e. The van der Waals surface area contributed by atoms with E-state index in [2.05, 4.69) is 20.7 Å². The van der Waals surface area contributed by atoms with Crippen LogP contribution in [0.25, 0.3) is 0 Å². The van der Waals surface area contributed by atoms with Gasteiger partial charge in [0.15, 0.2) is 0 Å². The molecule has 0 saturated heterocycles. The summed E-state index contributed by atoms with van der Waals surface area (Å²) in [6.07, 6.45) is 0. The summed E-state index contributed by atoms with van der Waals surface area (Å²) in [5.41, 5.74) is 2.03. The van der Waals surface area contributed by atoms with Gasteiger partial charge in [0.05, 0.1) is 16.5 Å². The zero-order valence-electron chi connectivity index (χ0n) is 11.3. The van der Waals surface area contributed by atoms with Crippen molar-refractivity contribution in [3.05, 3.63) is 63.6 Å². The third-order valence-corrected chi connectivity index (χ3v) is 5.03. The molecule has 1 N–H and O–H groups in total. The molecule has 4 nitrogen and oxygen atoms in total. The van der Waals surface area contributed by atoms with Gasteiger partial charge in [-0.3, -0.25) is 0 Å². The summed E-state index contributed by atoms with van der Waals surface area (Å²) in [5.74, 6) is 0. The molecule has 0 saturated carbocycles. The number of hydrogen-bond donors (Lipinski definition) is 1. The molecule has 2 aromatic rings. The van der Waals surface area contributed by atoms with Crippen molar-refractivity contribution < 1.29 is 8.42 Å². The summed E-state index contributed by atoms with van der Waals surface area (Å²) in [5, 5.41) is 8.73. The number of benzene rings is 2. The van der Waals surface area contributed by atoms with Crippen molar-refractivity contribution >= 4 is 26.0 Å². The second-order valence-corrected chi connectivity index (χ2v) is 7.19. The van der Waals surface area contributed by atoms with Crippen molar-refractivity contribution in [2.75, 3.05) is 0 Å². The van der Waals surface area contributed by atoms with E-state index in [0.29, 0.717) is 15.6 Å². The van der Waals surface area contributed by atoms with Crippen LogP contribution in [-0.2, 0) is 16.6 Å². The highest BCUT2D eigenvalue weighted by molar-refractivity contribution is 9.10. The van der Waals surface area contributed by atoms with Crippen molar-refractivity contribution in [3.8, 4) is 6.07 Å². The van der Waals surface area contributed by atoms with Crippen LogP contribution >= 0.6 is 15.9 Å². The first-order valence-electron chi connectivity index (χ1n) is 6.17. The van der Waals surface area contributed by atoms with Crippen molar-refractivity contribution in [1.82, 2.24) is 4.72 Å². The summed E-state index contributed by atoms with van der Waals surface area (Å²) in [6.45, 7) is 1.93. The van der Waals surface area contributed by atoms with E-state index in [1.807, 2.05) is 6.07 Å². The van der Waals surface area contributed by atoms with E-state index in [-0.39, 0.29) is 11.4 Å². The Labute approximate surface area is 132 Å². The van der Waals surface area contributed by atoms with Gasteiger partial charge < -0.3 is 0 Å². The number of nitriles is 1. The minimum Gasteiger partial charge on any atom is -0.207 e. The third-order valence-electron chi connectivity index (χ3n) is 2.99. The van der Waals surface area contributed by atoms with Gasteiger partial charge in [0.2, 0.25) is 10.0 Å². The molecule has 108 valence electrons. The van der Waals surface area contributed by atoms with Gasteiger partial charge >= 0.3 is 0 Å². The molecular formula is C15H13BrN2O2S. The smallest absolute Gasteiger partial charge is 0.207 e. The van der Waals surface area contributed by atoms with Crippen molar-refractivity contribution in [2.24, 2.45) is 0 Å². The Balaban J connectivity index is 2.17. The molecule has 0 unspecified atom stereocenters. The molecule has 0 atom stereocenters. The van der Waals surface area contributed by atoms with E-state index >= 15 is 0 Å². The lowest BCUT2D eigenvalue weighted by atomic mass is 10.1. The van der Waals surface area contributed by atoms with Crippen molar-refractivity contribution in [1.29, 1.82) is 5.26 Å². The topological polar surface area (TPSA) is 70.0 Å². The predicted octanol–water partition coefficient (Wildman–Crippen LogP) is 3.11. The minimum atomic E-state index is -3.57. The van der Waals surface area contributed by atoms with E-state index in [4.69, 9.17) is 5.26 Å². The summed E-state index contributed by atoms with van der Waals surface area (Å²) in [7, 11) is -3.57. The number of nitrogens with zero attached hydrogens (tertiary/aromatic N) is 1. The molecule has 2 aromatic carbocycles. The molecule has 0 fully saturated rings. The second-order valence-electron chi connectivity index (χ2n) is 4.54. The first-order chi connectivity index (χ1) is 9.92. The summed E-state index contributed by atoms with van der Waals surface area (Å²) in [4.78, 5) is 0.255. The highest BCUT2D eigenvalue weighted by Crippen LogP contribution is 2.20. The summed E-state index contributed by atoms with van der Waals surface area (Å²) in [6, 6.07) is 13.9. The number of aryl methyl sites for hydroxylation is 1. The Morgan fingerprint density at radius 3 is 2.48 bits per heavy atom. The molecule has 21 heavy (non-hydrogen) atoms. The van der Waals surface area contributed by atoms with Crippen molar-refractivity contribution in [2.45, 2.75) is 18.4 Å². The molecule has 0 aliphatic heterocycles. The van der Waals surface area contributed by atoms with Gasteiger partial charge in [0, 0.05) is 11.0 Å². The molecule has 0 aliphatic carbocycles. The third kappa shape index (κ3) is 3.91. The Morgan fingerprint density at radius 2 is 1.86 bits per heavy atom. The standard InChI is InChI=1S/C15H13BrN2O2S/c1-11-2-7-14(16)8-15(11)21(19,20)18-10-13-5-3-12(9-17)4-6-13/h2-8,18H,10H2,1H3. The Morgan fingerprint density at radius 1 is 1.19 bits per heavy atom.